The van der Waals surface area contributed by atoms with Crippen LogP contribution in [0.25, 0.3) is 0 Å². The number of oxime groups is 1. The highest BCUT2D eigenvalue weighted by Gasteiger charge is 2.64. The van der Waals surface area contributed by atoms with Gasteiger partial charge in [-0.2, -0.15) is 36.7 Å². The molecule has 1 amide bonds. The van der Waals surface area contributed by atoms with Gasteiger partial charge < -0.3 is 10.2 Å². The van der Waals surface area contributed by atoms with E-state index >= 15 is 0 Å². The van der Waals surface area contributed by atoms with Gasteiger partial charge in [0.2, 0.25) is 0 Å². The highest BCUT2D eigenvalue weighted by molar-refractivity contribution is 6.30. The van der Waals surface area contributed by atoms with Crippen LogP contribution in [0.2, 0.25) is 5.02 Å². The Hall–Kier alpha value is -4.12. The summed E-state index contributed by atoms with van der Waals surface area (Å²) in [6.45, 7) is 1.46. The lowest BCUT2D eigenvalue weighted by atomic mass is 9.85. The SMILES string of the molecule is Cc1cc(C2=NOC(c3cc(C(F)(F)F)cc(Cl)c3F)(C(F)(F)F)C2)ccc1C(=O)Nc1cnn(CC#N)c1. The lowest BCUT2D eigenvalue weighted by Crippen LogP contribution is -2.43. The molecule has 39 heavy (non-hydrogen) atoms. The predicted molar refractivity (Wildman–Crippen MR) is 123 cm³/mol. The molecule has 1 N–H and O–H groups in total. The minimum atomic E-state index is -5.39. The smallest absolute Gasteiger partial charge is 0.374 e. The van der Waals surface area contributed by atoms with Gasteiger partial charge in [-0.15, -0.1) is 0 Å². The van der Waals surface area contributed by atoms with Crippen molar-refractivity contribution in [2.45, 2.75) is 37.8 Å². The number of hydrogen-bond acceptors (Lipinski definition) is 5. The van der Waals surface area contributed by atoms with Gasteiger partial charge in [-0.05, 0) is 42.3 Å². The van der Waals surface area contributed by atoms with E-state index in [0.717, 1.165) is 0 Å². The molecule has 7 nitrogen and oxygen atoms in total. The van der Waals surface area contributed by atoms with Gasteiger partial charge >= 0.3 is 12.4 Å². The molecule has 1 atom stereocenters. The van der Waals surface area contributed by atoms with Crippen LogP contribution in [0.4, 0.5) is 36.4 Å². The second-order valence-electron chi connectivity index (χ2n) is 8.52. The number of aromatic nitrogens is 2. The van der Waals surface area contributed by atoms with Crippen molar-refractivity contribution in [1.29, 1.82) is 5.26 Å². The quantitative estimate of drug-likeness (QED) is 0.360. The fourth-order valence-corrected chi connectivity index (χ4v) is 4.19. The predicted octanol–water partition coefficient (Wildman–Crippen LogP) is 6.36. The number of alkyl halides is 6. The number of anilines is 1. The maximum atomic E-state index is 14.8. The fraction of sp³-hybridized carbons (Fsp3) is 0.250. The molecule has 0 bridgehead atoms. The number of benzene rings is 2. The van der Waals surface area contributed by atoms with E-state index in [0.29, 0.717) is 11.3 Å². The third-order valence-corrected chi connectivity index (χ3v) is 6.18. The summed E-state index contributed by atoms with van der Waals surface area (Å²) in [5.74, 6) is -2.30. The van der Waals surface area contributed by atoms with Gasteiger partial charge in [0.15, 0.2) is 0 Å². The van der Waals surface area contributed by atoms with E-state index in [1.165, 1.54) is 42.2 Å². The van der Waals surface area contributed by atoms with Crippen molar-refractivity contribution >= 4 is 28.9 Å². The summed E-state index contributed by atoms with van der Waals surface area (Å²) in [6, 6.07) is 5.97. The standard InChI is InChI=1S/C24H15ClF7N5O2/c1-12-6-13(2-3-16(12)21(38)35-15-10-34-37(11-15)5-4-33)19-9-22(39-36-19,24(30,31)32)17-7-14(23(27,28)29)8-18(25)20(17)26/h2-3,6-8,10-11H,5,9H2,1H3,(H,35,38). The van der Waals surface area contributed by atoms with Gasteiger partial charge in [-0.3, -0.25) is 9.48 Å². The van der Waals surface area contributed by atoms with Gasteiger partial charge in [0, 0.05) is 17.3 Å². The number of hydrogen-bond donors (Lipinski definition) is 1. The van der Waals surface area contributed by atoms with Crippen molar-refractivity contribution in [3.8, 4) is 6.07 Å². The van der Waals surface area contributed by atoms with Gasteiger partial charge in [-0.1, -0.05) is 22.8 Å². The van der Waals surface area contributed by atoms with Gasteiger partial charge in [-0.25, -0.2) is 4.39 Å². The molecule has 204 valence electrons. The van der Waals surface area contributed by atoms with Crippen LogP contribution in [0.3, 0.4) is 0 Å². The Balaban J connectivity index is 1.64. The first-order chi connectivity index (χ1) is 18.2. The average molecular weight is 574 g/mol. The molecule has 1 unspecified atom stereocenters. The minimum Gasteiger partial charge on any atom is -0.374 e. The summed E-state index contributed by atoms with van der Waals surface area (Å²) < 4.78 is 98.7. The van der Waals surface area contributed by atoms with Crippen molar-refractivity contribution in [2.75, 3.05) is 5.32 Å². The van der Waals surface area contributed by atoms with Crippen molar-refractivity contribution in [2.24, 2.45) is 5.16 Å². The maximum absolute atomic E-state index is 14.8. The molecule has 2 heterocycles. The van der Waals surface area contributed by atoms with Crippen molar-refractivity contribution in [1.82, 2.24) is 9.78 Å². The molecule has 1 aliphatic rings. The van der Waals surface area contributed by atoms with E-state index in [2.05, 4.69) is 20.4 Å². The van der Waals surface area contributed by atoms with Crippen LogP contribution in [0.15, 0.2) is 47.9 Å². The van der Waals surface area contributed by atoms with Crippen molar-refractivity contribution < 1.29 is 40.4 Å². The van der Waals surface area contributed by atoms with Crippen LogP contribution in [0.1, 0.15) is 39.0 Å². The molecule has 1 aliphatic heterocycles. The number of carbonyl (C=O) groups excluding carboxylic acids is 1. The Morgan fingerprint density at radius 3 is 2.56 bits per heavy atom. The lowest BCUT2D eigenvalue weighted by Gasteiger charge is -2.30. The molecular formula is C24H15ClF7N5O2. The molecule has 0 fully saturated rings. The number of amides is 1. The molecule has 15 heteroatoms. The third-order valence-electron chi connectivity index (χ3n) is 5.90. The summed E-state index contributed by atoms with van der Waals surface area (Å²) in [7, 11) is 0. The van der Waals surface area contributed by atoms with E-state index in [1.54, 1.807) is 0 Å². The summed E-state index contributed by atoms with van der Waals surface area (Å²) in [6.07, 6.45) is -8.92. The summed E-state index contributed by atoms with van der Waals surface area (Å²) >= 11 is 5.52. The van der Waals surface area contributed by atoms with E-state index < -0.39 is 52.2 Å². The molecule has 0 saturated heterocycles. The third kappa shape index (κ3) is 5.26. The number of carbonyl (C=O) groups is 1. The molecule has 4 rings (SSSR count). The largest absolute Gasteiger partial charge is 0.435 e. The number of nitrogens with one attached hydrogen (secondary N) is 1. The minimum absolute atomic E-state index is 0.00457. The Morgan fingerprint density at radius 2 is 1.95 bits per heavy atom. The Bertz CT molecular complexity index is 1520. The zero-order chi connectivity index (χ0) is 28.8. The van der Waals surface area contributed by atoms with Gasteiger partial charge in [0.1, 0.15) is 12.4 Å². The normalized spacial score (nSPS) is 17.4. The van der Waals surface area contributed by atoms with Crippen LogP contribution >= 0.6 is 11.6 Å². The van der Waals surface area contributed by atoms with Crippen molar-refractivity contribution in [3.05, 3.63) is 81.4 Å². The topological polar surface area (TPSA) is 92.3 Å². The van der Waals surface area contributed by atoms with Crippen LogP contribution in [-0.2, 0) is 23.2 Å². The van der Waals surface area contributed by atoms with E-state index in [1.807, 2.05) is 6.07 Å². The van der Waals surface area contributed by atoms with Crippen LogP contribution in [-0.4, -0.2) is 27.6 Å². The lowest BCUT2D eigenvalue weighted by molar-refractivity contribution is -0.276. The molecule has 0 spiro atoms. The number of rotatable bonds is 5. The van der Waals surface area contributed by atoms with Crippen LogP contribution in [0, 0.1) is 24.1 Å². The monoisotopic (exact) mass is 573 g/mol. The highest BCUT2D eigenvalue weighted by Crippen LogP contribution is 2.51. The molecule has 2 aromatic carbocycles. The Morgan fingerprint density at radius 1 is 1.23 bits per heavy atom. The average Bonchev–Trinajstić information content (AvgIpc) is 3.48. The molecule has 3 aromatic rings. The summed E-state index contributed by atoms with van der Waals surface area (Å²) in [5.41, 5.74) is -6.15. The van der Waals surface area contributed by atoms with Gasteiger partial charge in [0.05, 0.1) is 40.7 Å². The van der Waals surface area contributed by atoms with Crippen LogP contribution in [0.5, 0.6) is 0 Å². The molecular weight excluding hydrogens is 559 g/mol. The number of nitrogens with zero attached hydrogens (tertiary/aromatic N) is 4. The Kier molecular flexibility index (Phi) is 7.07. The van der Waals surface area contributed by atoms with Gasteiger partial charge in [0.25, 0.3) is 11.5 Å². The summed E-state index contributed by atoms with van der Waals surface area (Å²) in [4.78, 5) is 17.3. The maximum Gasteiger partial charge on any atom is 0.435 e. The zero-order valence-electron chi connectivity index (χ0n) is 19.6. The molecule has 0 saturated carbocycles. The highest BCUT2D eigenvalue weighted by atomic mass is 35.5. The first kappa shape index (κ1) is 27.9. The van der Waals surface area contributed by atoms with E-state index in [-0.39, 0.29) is 35.5 Å². The molecule has 0 radical (unpaired) electrons. The summed E-state index contributed by atoms with van der Waals surface area (Å²) in [5, 5.41) is 17.4. The van der Waals surface area contributed by atoms with Crippen molar-refractivity contribution in [3.63, 3.8) is 0 Å². The van der Waals surface area contributed by atoms with E-state index in [4.69, 9.17) is 16.9 Å². The molecule has 1 aromatic heterocycles. The van der Waals surface area contributed by atoms with E-state index in [9.17, 15) is 35.5 Å². The first-order valence-corrected chi connectivity index (χ1v) is 11.2. The number of halogens is 8. The first-order valence-electron chi connectivity index (χ1n) is 10.9. The second kappa shape index (κ2) is 9.88. The van der Waals surface area contributed by atoms with Crippen LogP contribution < -0.4 is 5.32 Å². The Labute approximate surface area is 220 Å². The fourth-order valence-electron chi connectivity index (χ4n) is 3.97. The second-order valence-corrected chi connectivity index (χ2v) is 8.92. The zero-order valence-corrected chi connectivity index (χ0v) is 20.3. The molecule has 0 aliphatic carbocycles. The number of aryl methyl sites for hydroxylation is 1. The number of nitriles is 1.